The molecule has 1 atom stereocenters. The van der Waals surface area contributed by atoms with Crippen molar-refractivity contribution in [2.24, 2.45) is 0 Å². The van der Waals surface area contributed by atoms with E-state index < -0.39 is 0 Å². The van der Waals surface area contributed by atoms with Crippen molar-refractivity contribution in [3.8, 4) is 5.75 Å². The standard InChI is InChI=1S/C17H21NO/c1-12-10-13(2)16(15(11-12)19-4)17(18-3)14-8-6-5-7-9-14/h5-11,17-18H,1-4H3. The lowest BCUT2D eigenvalue weighted by atomic mass is 9.93. The summed E-state index contributed by atoms with van der Waals surface area (Å²) in [5.74, 6) is 0.945. The third-order valence-corrected chi connectivity index (χ3v) is 3.42. The fourth-order valence-electron chi connectivity index (χ4n) is 2.60. The Hall–Kier alpha value is -1.80. The van der Waals surface area contributed by atoms with Crippen molar-refractivity contribution in [1.82, 2.24) is 5.32 Å². The summed E-state index contributed by atoms with van der Waals surface area (Å²) >= 11 is 0. The van der Waals surface area contributed by atoms with Gasteiger partial charge >= 0.3 is 0 Å². The fraction of sp³-hybridized carbons (Fsp3) is 0.294. The van der Waals surface area contributed by atoms with E-state index in [9.17, 15) is 0 Å². The first-order valence-corrected chi connectivity index (χ1v) is 6.54. The van der Waals surface area contributed by atoms with Crippen LogP contribution in [-0.4, -0.2) is 14.2 Å². The van der Waals surface area contributed by atoms with Gasteiger partial charge in [0.2, 0.25) is 0 Å². The summed E-state index contributed by atoms with van der Waals surface area (Å²) in [6.45, 7) is 4.23. The van der Waals surface area contributed by atoms with Crippen LogP contribution in [0, 0.1) is 13.8 Å². The predicted octanol–water partition coefficient (Wildman–Crippen LogP) is 3.62. The van der Waals surface area contributed by atoms with Crippen LogP contribution >= 0.6 is 0 Å². The molecule has 0 amide bonds. The topological polar surface area (TPSA) is 21.3 Å². The lowest BCUT2D eigenvalue weighted by Crippen LogP contribution is -2.19. The van der Waals surface area contributed by atoms with Crippen molar-refractivity contribution >= 4 is 0 Å². The van der Waals surface area contributed by atoms with Crippen LogP contribution in [0.15, 0.2) is 42.5 Å². The number of nitrogens with one attached hydrogen (secondary N) is 1. The predicted molar refractivity (Wildman–Crippen MR) is 79.8 cm³/mol. The van der Waals surface area contributed by atoms with Crippen LogP contribution in [0.3, 0.4) is 0 Å². The van der Waals surface area contributed by atoms with Gasteiger partial charge in [0.15, 0.2) is 0 Å². The van der Waals surface area contributed by atoms with Crippen LogP contribution in [-0.2, 0) is 0 Å². The summed E-state index contributed by atoms with van der Waals surface area (Å²) < 4.78 is 5.57. The molecule has 1 unspecified atom stereocenters. The lowest BCUT2D eigenvalue weighted by molar-refractivity contribution is 0.404. The smallest absolute Gasteiger partial charge is 0.124 e. The molecule has 0 aliphatic heterocycles. The Morgan fingerprint density at radius 3 is 2.32 bits per heavy atom. The van der Waals surface area contributed by atoms with E-state index in [0.29, 0.717) is 0 Å². The quantitative estimate of drug-likeness (QED) is 0.901. The second kappa shape index (κ2) is 5.89. The molecule has 1 N–H and O–H groups in total. The van der Waals surface area contributed by atoms with Crippen molar-refractivity contribution in [1.29, 1.82) is 0 Å². The molecule has 2 aromatic rings. The highest BCUT2D eigenvalue weighted by Gasteiger charge is 2.19. The number of methoxy groups -OCH3 is 1. The molecule has 0 aliphatic rings. The van der Waals surface area contributed by atoms with Crippen LogP contribution in [0.2, 0.25) is 0 Å². The maximum atomic E-state index is 5.57. The molecule has 0 radical (unpaired) electrons. The Balaban J connectivity index is 2.55. The summed E-state index contributed by atoms with van der Waals surface area (Å²) in [5.41, 5.74) is 4.93. The highest BCUT2D eigenvalue weighted by Crippen LogP contribution is 2.33. The van der Waals surface area contributed by atoms with Gasteiger partial charge in [0, 0.05) is 5.56 Å². The van der Waals surface area contributed by atoms with Crippen LogP contribution in [0.1, 0.15) is 28.3 Å². The first kappa shape index (κ1) is 13.6. The minimum absolute atomic E-state index is 0.150. The van der Waals surface area contributed by atoms with Crippen molar-refractivity contribution in [2.45, 2.75) is 19.9 Å². The van der Waals surface area contributed by atoms with Crippen LogP contribution in [0.4, 0.5) is 0 Å². The summed E-state index contributed by atoms with van der Waals surface area (Å²) in [6, 6.07) is 14.9. The first-order chi connectivity index (χ1) is 9.17. The Morgan fingerprint density at radius 1 is 1.05 bits per heavy atom. The zero-order chi connectivity index (χ0) is 13.8. The number of aryl methyl sites for hydroxylation is 2. The highest BCUT2D eigenvalue weighted by atomic mass is 16.5. The molecule has 0 bridgehead atoms. The average Bonchev–Trinajstić information content (AvgIpc) is 2.42. The van der Waals surface area contributed by atoms with Gasteiger partial charge in [0.25, 0.3) is 0 Å². The summed E-state index contributed by atoms with van der Waals surface area (Å²) in [4.78, 5) is 0. The minimum atomic E-state index is 0.150. The summed E-state index contributed by atoms with van der Waals surface area (Å²) in [6.07, 6.45) is 0. The van der Waals surface area contributed by atoms with E-state index in [1.165, 1.54) is 22.3 Å². The molecule has 2 aromatic carbocycles. The Kier molecular flexibility index (Phi) is 4.23. The molecule has 0 heterocycles. The number of ether oxygens (including phenoxy) is 1. The average molecular weight is 255 g/mol. The van der Waals surface area contributed by atoms with Crippen LogP contribution < -0.4 is 10.1 Å². The van der Waals surface area contributed by atoms with E-state index in [0.717, 1.165) is 5.75 Å². The van der Waals surface area contributed by atoms with E-state index in [1.54, 1.807) is 7.11 Å². The molecule has 0 aliphatic carbocycles. The molecule has 0 spiro atoms. The third kappa shape index (κ3) is 2.79. The van der Waals surface area contributed by atoms with Crippen molar-refractivity contribution in [3.63, 3.8) is 0 Å². The Bertz CT molecular complexity index is 549. The largest absolute Gasteiger partial charge is 0.496 e. The van der Waals surface area contributed by atoms with Gasteiger partial charge in [0.05, 0.1) is 13.2 Å². The Morgan fingerprint density at radius 2 is 1.74 bits per heavy atom. The van der Waals surface area contributed by atoms with Crippen molar-refractivity contribution < 1.29 is 4.74 Å². The molecule has 0 aromatic heterocycles. The molecular formula is C17H21NO. The number of hydrogen-bond acceptors (Lipinski definition) is 2. The van der Waals surface area contributed by atoms with Crippen LogP contribution in [0.5, 0.6) is 5.75 Å². The van der Waals surface area contributed by atoms with Gasteiger partial charge in [0.1, 0.15) is 5.75 Å². The third-order valence-electron chi connectivity index (χ3n) is 3.42. The molecule has 2 rings (SSSR count). The molecule has 2 nitrogen and oxygen atoms in total. The fourth-order valence-corrected chi connectivity index (χ4v) is 2.60. The van der Waals surface area contributed by atoms with Crippen molar-refractivity contribution in [2.75, 3.05) is 14.2 Å². The lowest BCUT2D eigenvalue weighted by Gasteiger charge is -2.22. The molecule has 0 fully saturated rings. The maximum absolute atomic E-state index is 5.57. The van der Waals surface area contributed by atoms with E-state index in [-0.39, 0.29) is 6.04 Å². The highest BCUT2D eigenvalue weighted by molar-refractivity contribution is 5.48. The van der Waals surface area contributed by atoms with Gasteiger partial charge in [-0.25, -0.2) is 0 Å². The normalized spacial score (nSPS) is 12.2. The number of rotatable bonds is 4. The zero-order valence-corrected chi connectivity index (χ0v) is 12.0. The van der Waals surface area contributed by atoms with E-state index in [2.05, 4.69) is 55.6 Å². The van der Waals surface area contributed by atoms with Gasteiger partial charge in [-0.15, -0.1) is 0 Å². The van der Waals surface area contributed by atoms with Gasteiger partial charge in [-0.05, 0) is 43.7 Å². The SMILES string of the molecule is CNC(c1ccccc1)c1c(C)cc(C)cc1OC. The maximum Gasteiger partial charge on any atom is 0.124 e. The van der Waals surface area contributed by atoms with Gasteiger partial charge in [-0.2, -0.15) is 0 Å². The summed E-state index contributed by atoms with van der Waals surface area (Å²) in [5, 5.41) is 3.39. The van der Waals surface area contributed by atoms with E-state index in [1.807, 2.05) is 13.1 Å². The molecule has 2 heteroatoms. The monoisotopic (exact) mass is 255 g/mol. The van der Waals surface area contributed by atoms with E-state index in [4.69, 9.17) is 4.74 Å². The minimum Gasteiger partial charge on any atom is -0.496 e. The van der Waals surface area contributed by atoms with Crippen LogP contribution in [0.25, 0.3) is 0 Å². The second-order valence-corrected chi connectivity index (χ2v) is 4.83. The number of hydrogen-bond donors (Lipinski definition) is 1. The first-order valence-electron chi connectivity index (χ1n) is 6.54. The molecule has 19 heavy (non-hydrogen) atoms. The molecular weight excluding hydrogens is 234 g/mol. The van der Waals surface area contributed by atoms with Crippen molar-refractivity contribution in [3.05, 3.63) is 64.7 Å². The molecule has 0 saturated carbocycles. The van der Waals surface area contributed by atoms with Gasteiger partial charge in [-0.3, -0.25) is 0 Å². The second-order valence-electron chi connectivity index (χ2n) is 4.83. The Labute approximate surface area is 115 Å². The van der Waals surface area contributed by atoms with Gasteiger partial charge < -0.3 is 10.1 Å². The molecule has 100 valence electrons. The molecule has 0 saturated heterocycles. The zero-order valence-electron chi connectivity index (χ0n) is 12.0. The van der Waals surface area contributed by atoms with Gasteiger partial charge in [-0.1, -0.05) is 36.4 Å². The van der Waals surface area contributed by atoms with E-state index >= 15 is 0 Å². The number of benzene rings is 2. The summed E-state index contributed by atoms with van der Waals surface area (Å²) in [7, 11) is 3.71.